The first kappa shape index (κ1) is 9.39. The van der Waals surface area contributed by atoms with Crippen LogP contribution in [0.1, 0.15) is 5.56 Å². The molecule has 0 amide bonds. The van der Waals surface area contributed by atoms with Crippen LogP contribution >= 0.6 is 0 Å². The summed E-state index contributed by atoms with van der Waals surface area (Å²) >= 11 is 0. The first-order valence-corrected chi connectivity index (χ1v) is 4.45. The van der Waals surface area contributed by atoms with Gasteiger partial charge in [0, 0.05) is 11.8 Å². The van der Waals surface area contributed by atoms with Crippen molar-refractivity contribution in [3.05, 3.63) is 34.9 Å². The number of benzene rings is 1. The van der Waals surface area contributed by atoms with E-state index in [0.717, 1.165) is 16.8 Å². The molecule has 0 aliphatic rings. The molecule has 2 rings (SSSR count). The number of nitrogens with zero attached hydrogens (tertiary/aromatic N) is 2. The summed E-state index contributed by atoms with van der Waals surface area (Å²) in [5.41, 5.74) is 8.92. The molecule has 0 aliphatic heterocycles. The summed E-state index contributed by atoms with van der Waals surface area (Å²) in [5.74, 6) is 0. The summed E-state index contributed by atoms with van der Waals surface area (Å²) in [6.07, 6.45) is 1.66. The minimum atomic E-state index is 0.304. The summed E-state index contributed by atoms with van der Waals surface area (Å²) in [4.78, 5) is 10.5. The fourth-order valence-corrected chi connectivity index (χ4v) is 1.50. The fraction of sp³-hybridized carbons (Fsp3) is 0.100. The Morgan fingerprint density at radius 2 is 2.27 bits per heavy atom. The monoisotopic (exact) mass is 202 g/mol. The maximum atomic E-state index is 10.5. The standard InChI is InChI=1S/C10H10N4O/c1-6-4-7(9-2-3-12-13-9)5-8(11)10(6)14-15/h2-5H,11H2,1H3,(H,12,13). The zero-order valence-corrected chi connectivity index (χ0v) is 8.19. The van der Waals surface area contributed by atoms with Crippen LogP contribution in [0, 0.1) is 11.8 Å². The maximum absolute atomic E-state index is 10.5. The van der Waals surface area contributed by atoms with Gasteiger partial charge in [-0.15, -0.1) is 4.91 Å². The molecule has 1 aromatic heterocycles. The van der Waals surface area contributed by atoms with E-state index in [1.54, 1.807) is 19.2 Å². The van der Waals surface area contributed by atoms with Crippen LogP contribution in [0.5, 0.6) is 0 Å². The molecule has 5 heteroatoms. The van der Waals surface area contributed by atoms with Crippen molar-refractivity contribution in [3.63, 3.8) is 0 Å². The van der Waals surface area contributed by atoms with E-state index in [9.17, 15) is 4.91 Å². The molecule has 0 fully saturated rings. The smallest absolute Gasteiger partial charge is 0.133 e. The predicted octanol–water partition coefficient (Wildman–Crippen LogP) is 2.37. The van der Waals surface area contributed by atoms with Gasteiger partial charge in [0.15, 0.2) is 0 Å². The van der Waals surface area contributed by atoms with Crippen molar-refractivity contribution in [2.75, 3.05) is 5.73 Å². The van der Waals surface area contributed by atoms with Gasteiger partial charge >= 0.3 is 0 Å². The second-order valence-corrected chi connectivity index (χ2v) is 3.29. The minimum absolute atomic E-state index is 0.304. The normalized spacial score (nSPS) is 10.2. The zero-order valence-electron chi connectivity index (χ0n) is 8.19. The van der Waals surface area contributed by atoms with Crippen LogP contribution in [-0.4, -0.2) is 10.2 Å². The van der Waals surface area contributed by atoms with Gasteiger partial charge in [0.25, 0.3) is 0 Å². The first-order chi connectivity index (χ1) is 7.22. The number of nitrogens with two attached hydrogens (primary N) is 1. The highest BCUT2D eigenvalue weighted by Gasteiger charge is 2.07. The Bertz CT molecular complexity index is 467. The molecule has 0 radical (unpaired) electrons. The van der Waals surface area contributed by atoms with Crippen LogP contribution in [0.2, 0.25) is 0 Å². The van der Waals surface area contributed by atoms with Crippen molar-refractivity contribution < 1.29 is 0 Å². The molecule has 0 saturated carbocycles. The molecule has 0 bridgehead atoms. The lowest BCUT2D eigenvalue weighted by Gasteiger charge is -2.05. The highest BCUT2D eigenvalue weighted by Crippen LogP contribution is 2.31. The van der Waals surface area contributed by atoms with Crippen LogP contribution < -0.4 is 5.73 Å². The molecular formula is C10H10N4O. The van der Waals surface area contributed by atoms with Crippen molar-refractivity contribution in [1.29, 1.82) is 0 Å². The van der Waals surface area contributed by atoms with Crippen molar-refractivity contribution >= 4 is 11.4 Å². The van der Waals surface area contributed by atoms with Crippen molar-refractivity contribution in [2.45, 2.75) is 6.92 Å². The SMILES string of the molecule is Cc1cc(-c2ccn[nH]2)cc(N)c1N=O. The Labute approximate surface area is 86.3 Å². The van der Waals surface area contributed by atoms with Gasteiger partial charge in [-0.2, -0.15) is 5.10 Å². The first-order valence-electron chi connectivity index (χ1n) is 4.45. The Balaban J connectivity index is 2.58. The van der Waals surface area contributed by atoms with Gasteiger partial charge in [-0.3, -0.25) is 5.10 Å². The van der Waals surface area contributed by atoms with Gasteiger partial charge in [-0.05, 0) is 35.9 Å². The Hall–Kier alpha value is -2.17. The van der Waals surface area contributed by atoms with Crippen LogP contribution in [0.25, 0.3) is 11.3 Å². The van der Waals surface area contributed by atoms with E-state index in [1.807, 2.05) is 12.1 Å². The molecule has 15 heavy (non-hydrogen) atoms. The summed E-state index contributed by atoms with van der Waals surface area (Å²) in [6.45, 7) is 1.80. The fourth-order valence-electron chi connectivity index (χ4n) is 1.50. The van der Waals surface area contributed by atoms with Gasteiger partial charge in [0.1, 0.15) is 5.69 Å². The van der Waals surface area contributed by atoms with E-state index < -0.39 is 0 Å². The van der Waals surface area contributed by atoms with Crippen LogP contribution in [0.3, 0.4) is 0 Å². The van der Waals surface area contributed by atoms with E-state index in [-0.39, 0.29) is 0 Å². The molecule has 2 aromatic rings. The highest BCUT2D eigenvalue weighted by molar-refractivity contribution is 5.75. The number of aryl methyl sites for hydroxylation is 1. The van der Waals surface area contributed by atoms with Crippen LogP contribution in [0.4, 0.5) is 11.4 Å². The third-order valence-electron chi connectivity index (χ3n) is 2.23. The second-order valence-electron chi connectivity index (χ2n) is 3.29. The number of rotatable bonds is 2. The zero-order chi connectivity index (χ0) is 10.8. The summed E-state index contributed by atoms with van der Waals surface area (Å²) in [6, 6.07) is 5.39. The lowest BCUT2D eigenvalue weighted by molar-refractivity contribution is 1.09. The molecule has 76 valence electrons. The Morgan fingerprint density at radius 1 is 1.47 bits per heavy atom. The number of aromatic nitrogens is 2. The average molecular weight is 202 g/mol. The topological polar surface area (TPSA) is 84.1 Å². The molecule has 0 atom stereocenters. The summed E-state index contributed by atoms with van der Waals surface area (Å²) in [7, 11) is 0. The highest BCUT2D eigenvalue weighted by atomic mass is 16.3. The Kier molecular flexibility index (Phi) is 2.21. The number of nitroso groups, excluding NO2 is 1. The predicted molar refractivity (Wildman–Crippen MR) is 58.6 cm³/mol. The lowest BCUT2D eigenvalue weighted by Crippen LogP contribution is -1.90. The van der Waals surface area contributed by atoms with Gasteiger partial charge in [0.05, 0.1) is 11.4 Å². The van der Waals surface area contributed by atoms with Gasteiger partial charge in [-0.25, -0.2) is 0 Å². The quantitative estimate of drug-likeness (QED) is 0.579. The molecule has 0 unspecified atom stereocenters. The van der Waals surface area contributed by atoms with Gasteiger partial charge in [-0.1, -0.05) is 0 Å². The number of nitrogens with one attached hydrogen (secondary N) is 1. The van der Waals surface area contributed by atoms with Crippen LogP contribution in [-0.2, 0) is 0 Å². The largest absolute Gasteiger partial charge is 0.397 e. The number of hydrogen-bond acceptors (Lipinski definition) is 4. The molecular weight excluding hydrogens is 192 g/mol. The molecule has 0 aliphatic carbocycles. The summed E-state index contributed by atoms with van der Waals surface area (Å²) < 4.78 is 0. The van der Waals surface area contributed by atoms with Crippen molar-refractivity contribution in [2.24, 2.45) is 5.18 Å². The Morgan fingerprint density at radius 3 is 2.80 bits per heavy atom. The number of H-pyrrole nitrogens is 1. The number of hydrogen-bond donors (Lipinski definition) is 2. The van der Waals surface area contributed by atoms with E-state index in [4.69, 9.17) is 5.73 Å². The third kappa shape index (κ3) is 1.59. The summed E-state index contributed by atoms with van der Waals surface area (Å²) in [5, 5.41) is 9.57. The minimum Gasteiger partial charge on any atom is -0.397 e. The average Bonchev–Trinajstić information content (AvgIpc) is 2.69. The van der Waals surface area contributed by atoms with E-state index in [2.05, 4.69) is 15.4 Å². The third-order valence-corrected chi connectivity index (χ3v) is 2.23. The van der Waals surface area contributed by atoms with E-state index in [0.29, 0.717) is 11.4 Å². The number of anilines is 1. The van der Waals surface area contributed by atoms with Gasteiger partial charge in [0.2, 0.25) is 0 Å². The molecule has 1 aromatic carbocycles. The van der Waals surface area contributed by atoms with Crippen LogP contribution in [0.15, 0.2) is 29.6 Å². The van der Waals surface area contributed by atoms with Crippen molar-refractivity contribution in [1.82, 2.24) is 10.2 Å². The number of aromatic amines is 1. The number of nitrogen functional groups attached to an aromatic ring is 1. The maximum Gasteiger partial charge on any atom is 0.133 e. The molecule has 5 nitrogen and oxygen atoms in total. The molecule has 1 heterocycles. The molecule has 3 N–H and O–H groups in total. The second kappa shape index (κ2) is 3.53. The van der Waals surface area contributed by atoms with E-state index in [1.165, 1.54) is 0 Å². The molecule has 0 spiro atoms. The van der Waals surface area contributed by atoms with Gasteiger partial charge < -0.3 is 5.73 Å². The van der Waals surface area contributed by atoms with Crippen molar-refractivity contribution in [3.8, 4) is 11.3 Å². The lowest BCUT2D eigenvalue weighted by atomic mass is 10.1. The molecule has 0 saturated heterocycles. The van der Waals surface area contributed by atoms with E-state index >= 15 is 0 Å².